The Hall–Kier alpha value is -2.26. The Bertz CT molecular complexity index is 820. The Morgan fingerprint density at radius 3 is 2.79 bits per heavy atom. The zero-order chi connectivity index (χ0) is 19.3. The van der Waals surface area contributed by atoms with Gasteiger partial charge in [-0.2, -0.15) is 0 Å². The molecule has 0 radical (unpaired) electrons. The topological polar surface area (TPSA) is 73.9 Å². The number of aryl methyl sites for hydroxylation is 1. The first-order chi connectivity index (χ1) is 13.7. The van der Waals surface area contributed by atoms with Crippen LogP contribution in [0.15, 0.2) is 29.7 Å². The summed E-state index contributed by atoms with van der Waals surface area (Å²) < 4.78 is 13.2. The Kier molecular flexibility index (Phi) is 6.01. The van der Waals surface area contributed by atoms with Crippen LogP contribution in [0.4, 0.5) is 0 Å². The number of fused-ring (bicyclic) bond motifs is 1. The molecule has 8 nitrogen and oxygen atoms in total. The van der Waals surface area contributed by atoms with Gasteiger partial charge in [0.05, 0.1) is 31.9 Å². The van der Waals surface area contributed by atoms with Gasteiger partial charge >= 0.3 is 0 Å². The van der Waals surface area contributed by atoms with Crippen molar-refractivity contribution >= 4 is 17.7 Å². The molecule has 3 heterocycles. The van der Waals surface area contributed by atoms with Gasteiger partial charge in [0.25, 0.3) is 0 Å². The smallest absolute Gasteiger partial charge is 0.233 e. The highest BCUT2D eigenvalue weighted by molar-refractivity contribution is 7.99. The minimum atomic E-state index is 0.175. The van der Waals surface area contributed by atoms with Crippen molar-refractivity contribution in [3.05, 3.63) is 30.1 Å². The van der Waals surface area contributed by atoms with Crippen molar-refractivity contribution in [1.82, 2.24) is 19.7 Å². The quantitative estimate of drug-likeness (QED) is 0.688. The van der Waals surface area contributed by atoms with E-state index in [9.17, 15) is 4.79 Å². The minimum Gasteiger partial charge on any atom is -0.486 e. The van der Waals surface area contributed by atoms with E-state index in [4.69, 9.17) is 9.47 Å². The molecule has 1 fully saturated rings. The van der Waals surface area contributed by atoms with E-state index in [-0.39, 0.29) is 5.91 Å². The van der Waals surface area contributed by atoms with Crippen molar-refractivity contribution in [2.24, 2.45) is 0 Å². The fourth-order valence-corrected chi connectivity index (χ4v) is 4.41. The van der Waals surface area contributed by atoms with E-state index in [1.165, 1.54) is 22.2 Å². The number of hydrogen-bond acceptors (Lipinski definition) is 6. The third kappa shape index (κ3) is 4.41. The molecular formula is C19H26N5O3S+. The summed E-state index contributed by atoms with van der Waals surface area (Å²) in [6.07, 6.45) is 1.70. The van der Waals surface area contributed by atoms with Crippen LogP contribution in [0.5, 0.6) is 11.5 Å². The van der Waals surface area contributed by atoms with Gasteiger partial charge in [-0.15, -0.1) is 10.2 Å². The van der Waals surface area contributed by atoms with Crippen LogP contribution in [0.2, 0.25) is 0 Å². The summed E-state index contributed by atoms with van der Waals surface area (Å²) in [5.74, 6) is 2.26. The first kappa shape index (κ1) is 19.1. The highest BCUT2D eigenvalue weighted by Crippen LogP contribution is 2.30. The number of nitrogens with one attached hydrogen (secondary N) is 1. The Morgan fingerprint density at radius 2 is 2.00 bits per heavy atom. The SMILES string of the molecule is CCn1cnnc1SCC(=O)N1CC[NH+](Cc2ccc3c(c2)OCCO3)CC1. The summed E-state index contributed by atoms with van der Waals surface area (Å²) in [6.45, 7) is 8.50. The summed E-state index contributed by atoms with van der Waals surface area (Å²) in [4.78, 5) is 16.0. The molecule has 9 heteroatoms. The third-order valence-corrected chi connectivity index (χ3v) is 6.10. The van der Waals surface area contributed by atoms with Gasteiger partial charge in [0.1, 0.15) is 26.1 Å². The standard InChI is InChI=1S/C19H25N5O3S/c1-2-23-14-20-21-19(23)28-13-18(25)24-7-5-22(6-8-24)12-15-3-4-16-17(11-15)27-10-9-26-16/h3-4,11,14H,2,5-10,12-13H2,1H3/p+1. The second-order valence-electron chi connectivity index (χ2n) is 6.97. The van der Waals surface area contributed by atoms with Crippen LogP contribution in [-0.2, 0) is 17.9 Å². The van der Waals surface area contributed by atoms with Gasteiger partial charge in [-0.25, -0.2) is 0 Å². The van der Waals surface area contributed by atoms with Crippen LogP contribution in [-0.4, -0.2) is 70.7 Å². The molecule has 1 N–H and O–H groups in total. The lowest BCUT2D eigenvalue weighted by atomic mass is 10.1. The summed E-state index contributed by atoms with van der Waals surface area (Å²) in [6, 6.07) is 6.19. The van der Waals surface area contributed by atoms with E-state index < -0.39 is 0 Å². The van der Waals surface area contributed by atoms with E-state index in [0.717, 1.165) is 55.9 Å². The maximum absolute atomic E-state index is 12.5. The largest absolute Gasteiger partial charge is 0.486 e. The number of piperazine rings is 1. The number of nitrogens with zero attached hydrogens (tertiary/aromatic N) is 4. The Labute approximate surface area is 168 Å². The number of rotatable bonds is 6. The molecule has 4 rings (SSSR count). The number of amides is 1. The fraction of sp³-hybridized carbons (Fsp3) is 0.526. The molecule has 1 aromatic heterocycles. The highest BCUT2D eigenvalue weighted by atomic mass is 32.2. The van der Waals surface area contributed by atoms with Crippen LogP contribution in [0.25, 0.3) is 0 Å². The summed E-state index contributed by atoms with van der Waals surface area (Å²) in [5, 5.41) is 8.79. The van der Waals surface area contributed by atoms with Crippen molar-refractivity contribution in [3.63, 3.8) is 0 Å². The average Bonchev–Trinajstić information content (AvgIpc) is 3.20. The molecule has 1 saturated heterocycles. The number of ether oxygens (including phenoxy) is 2. The number of aromatic nitrogens is 3. The van der Waals surface area contributed by atoms with Gasteiger partial charge in [-0.3, -0.25) is 4.79 Å². The predicted molar refractivity (Wildman–Crippen MR) is 105 cm³/mol. The highest BCUT2D eigenvalue weighted by Gasteiger charge is 2.24. The molecule has 0 atom stereocenters. The minimum absolute atomic E-state index is 0.175. The molecule has 150 valence electrons. The fourth-order valence-electron chi connectivity index (χ4n) is 3.53. The molecule has 2 aliphatic rings. The number of carbonyl (C=O) groups excluding carboxylic acids is 1. The maximum atomic E-state index is 12.5. The normalized spacial score (nSPS) is 17.0. The average molecular weight is 405 g/mol. The van der Waals surface area contributed by atoms with E-state index in [1.54, 1.807) is 6.33 Å². The molecule has 0 aliphatic carbocycles. The zero-order valence-electron chi connectivity index (χ0n) is 16.1. The van der Waals surface area contributed by atoms with Crippen molar-refractivity contribution in [2.75, 3.05) is 45.1 Å². The molecule has 0 saturated carbocycles. The van der Waals surface area contributed by atoms with Gasteiger partial charge in [0, 0.05) is 12.1 Å². The zero-order valence-corrected chi connectivity index (χ0v) is 16.9. The number of thioether (sulfide) groups is 1. The summed E-state index contributed by atoms with van der Waals surface area (Å²) >= 11 is 1.46. The second-order valence-corrected chi connectivity index (χ2v) is 7.92. The van der Waals surface area contributed by atoms with E-state index in [1.807, 2.05) is 22.5 Å². The van der Waals surface area contributed by atoms with Gasteiger partial charge in [-0.05, 0) is 25.1 Å². The van der Waals surface area contributed by atoms with Crippen LogP contribution >= 0.6 is 11.8 Å². The third-order valence-electron chi connectivity index (χ3n) is 5.13. The van der Waals surface area contributed by atoms with E-state index in [0.29, 0.717) is 19.0 Å². The first-order valence-electron chi connectivity index (χ1n) is 9.73. The van der Waals surface area contributed by atoms with Crippen molar-refractivity contribution in [1.29, 1.82) is 0 Å². The summed E-state index contributed by atoms with van der Waals surface area (Å²) in [7, 11) is 0. The number of carbonyl (C=O) groups is 1. The van der Waals surface area contributed by atoms with Crippen molar-refractivity contribution in [3.8, 4) is 11.5 Å². The lowest BCUT2D eigenvalue weighted by molar-refractivity contribution is -0.917. The molecular weight excluding hydrogens is 378 g/mol. The predicted octanol–water partition coefficient (Wildman–Crippen LogP) is 0.0886. The van der Waals surface area contributed by atoms with Gasteiger partial charge in [0.15, 0.2) is 16.7 Å². The van der Waals surface area contributed by atoms with Crippen LogP contribution in [0.3, 0.4) is 0 Å². The lowest BCUT2D eigenvalue weighted by Gasteiger charge is -2.32. The molecule has 2 aromatic rings. The monoisotopic (exact) mass is 404 g/mol. The lowest BCUT2D eigenvalue weighted by Crippen LogP contribution is -3.13. The number of quaternary nitrogens is 1. The molecule has 28 heavy (non-hydrogen) atoms. The number of hydrogen-bond donors (Lipinski definition) is 1. The van der Waals surface area contributed by atoms with Gasteiger partial charge in [0.2, 0.25) is 5.91 Å². The van der Waals surface area contributed by atoms with Crippen LogP contribution in [0, 0.1) is 0 Å². The number of benzene rings is 1. The second kappa shape index (κ2) is 8.83. The molecule has 0 spiro atoms. The van der Waals surface area contributed by atoms with Gasteiger partial charge in [-0.1, -0.05) is 11.8 Å². The van der Waals surface area contributed by atoms with Crippen LogP contribution in [0.1, 0.15) is 12.5 Å². The first-order valence-corrected chi connectivity index (χ1v) is 10.7. The van der Waals surface area contributed by atoms with Crippen molar-refractivity contribution in [2.45, 2.75) is 25.2 Å². The molecule has 1 amide bonds. The maximum Gasteiger partial charge on any atom is 0.233 e. The Morgan fingerprint density at radius 1 is 1.21 bits per heavy atom. The molecule has 2 aliphatic heterocycles. The molecule has 0 bridgehead atoms. The molecule has 1 aromatic carbocycles. The van der Waals surface area contributed by atoms with Crippen LogP contribution < -0.4 is 14.4 Å². The van der Waals surface area contributed by atoms with E-state index in [2.05, 4.69) is 22.3 Å². The van der Waals surface area contributed by atoms with Crippen molar-refractivity contribution < 1.29 is 19.2 Å². The molecule has 0 unspecified atom stereocenters. The van der Waals surface area contributed by atoms with Gasteiger partial charge < -0.3 is 23.8 Å². The summed E-state index contributed by atoms with van der Waals surface area (Å²) in [5.41, 5.74) is 1.24. The van der Waals surface area contributed by atoms with E-state index >= 15 is 0 Å². The Balaban J connectivity index is 1.24.